The molecule has 8 nitrogen and oxygen atoms in total. The lowest BCUT2D eigenvalue weighted by Gasteiger charge is -2.15. The van der Waals surface area contributed by atoms with Crippen LogP contribution in [0.25, 0.3) is 0 Å². The molecule has 8 heteroatoms. The molecule has 26 heavy (non-hydrogen) atoms. The smallest absolute Gasteiger partial charge is 0.311 e. The first-order valence-corrected chi connectivity index (χ1v) is 8.11. The molecule has 0 spiro atoms. The highest BCUT2D eigenvalue weighted by Gasteiger charge is 2.21. The minimum atomic E-state index is -0.566. The second kappa shape index (κ2) is 7.30. The number of carbonyl (C=O) groups is 1. The van der Waals surface area contributed by atoms with Crippen LogP contribution in [-0.4, -0.2) is 24.2 Å². The summed E-state index contributed by atoms with van der Waals surface area (Å²) in [6.07, 6.45) is 0. The maximum Gasteiger partial charge on any atom is 0.311 e. The van der Waals surface area contributed by atoms with E-state index in [9.17, 15) is 14.9 Å². The van der Waals surface area contributed by atoms with Crippen molar-refractivity contribution < 1.29 is 23.9 Å². The first-order chi connectivity index (χ1) is 12.5. The molecule has 0 saturated heterocycles. The number of rotatable bonds is 6. The standard InChI is InChI=1S/C18H18N2O6/c1-3-24-15-6-5-13(8-14(15)20(22)23)18(21)19-11(2)12-4-7-16-17(9-12)26-10-25-16/h4-9,11H,3,10H2,1-2H3,(H,19,21)/t11-/m1/s1. The van der Waals surface area contributed by atoms with Crippen LogP contribution >= 0.6 is 0 Å². The normalized spacial score (nSPS) is 13.2. The predicted molar refractivity (Wildman–Crippen MR) is 92.7 cm³/mol. The highest BCUT2D eigenvalue weighted by molar-refractivity contribution is 5.95. The Balaban J connectivity index is 1.77. The number of hydrogen-bond donors (Lipinski definition) is 1. The quantitative estimate of drug-likeness (QED) is 0.629. The van der Waals surface area contributed by atoms with Gasteiger partial charge in [0.25, 0.3) is 5.91 Å². The Labute approximate surface area is 149 Å². The van der Waals surface area contributed by atoms with Crippen LogP contribution in [0.2, 0.25) is 0 Å². The maximum atomic E-state index is 12.5. The van der Waals surface area contributed by atoms with Crippen LogP contribution in [0.3, 0.4) is 0 Å². The van der Waals surface area contributed by atoms with Gasteiger partial charge in [-0.1, -0.05) is 6.07 Å². The molecule has 0 aliphatic carbocycles. The van der Waals surface area contributed by atoms with Crippen molar-refractivity contribution in [1.82, 2.24) is 5.32 Å². The topological polar surface area (TPSA) is 99.9 Å². The summed E-state index contributed by atoms with van der Waals surface area (Å²) in [6, 6.07) is 9.24. The van der Waals surface area contributed by atoms with Crippen molar-refractivity contribution in [1.29, 1.82) is 0 Å². The minimum absolute atomic E-state index is 0.137. The van der Waals surface area contributed by atoms with E-state index in [-0.39, 0.29) is 29.8 Å². The summed E-state index contributed by atoms with van der Waals surface area (Å²) in [5, 5.41) is 14.0. The van der Waals surface area contributed by atoms with E-state index >= 15 is 0 Å². The third-order valence-corrected chi connectivity index (χ3v) is 3.96. The van der Waals surface area contributed by atoms with Crippen molar-refractivity contribution in [2.45, 2.75) is 19.9 Å². The monoisotopic (exact) mass is 358 g/mol. The minimum Gasteiger partial charge on any atom is -0.487 e. The number of carbonyl (C=O) groups excluding carboxylic acids is 1. The zero-order chi connectivity index (χ0) is 18.7. The molecule has 136 valence electrons. The van der Waals surface area contributed by atoms with Crippen LogP contribution in [-0.2, 0) is 0 Å². The average Bonchev–Trinajstić information content (AvgIpc) is 3.09. The lowest BCUT2D eigenvalue weighted by molar-refractivity contribution is -0.385. The predicted octanol–water partition coefficient (Wildman–Crippen LogP) is 3.21. The van der Waals surface area contributed by atoms with Crippen LogP contribution in [0.1, 0.15) is 35.8 Å². The van der Waals surface area contributed by atoms with Crippen LogP contribution in [0.15, 0.2) is 36.4 Å². The van der Waals surface area contributed by atoms with Crippen LogP contribution in [0, 0.1) is 10.1 Å². The SMILES string of the molecule is CCOc1ccc(C(=O)N[C@H](C)c2ccc3c(c2)OCO3)cc1[N+](=O)[O-]. The van der Waals surface area contributed by atoms with Crippen LogP contribution in [0.5, 0.6) is 17.2 Å². The zero-order valence-electron chi connectivity index (χ0n) is 14.4. The van der Waals surface area contributed by atoms with Crippen molar-refractivity contribution in [2.75, 3.05) is 13.4 Å². The van der Waals surface area contributed by atoms with Crippen molar-refractivity contribution in [2.24, 2.45) is 0 Å². The van der Waals surface area contributed by atoms with Gasteiger partial charge in [-0.05, 0) is 43.7 Å². The Hall–Kier alpha value is -3.29. The average molecular weight is 358 g/mol. The van der Waals surface area contributed by atoms with Crippen molar-refractivity contribution in [3.8, 4) is 17.2 Å². The molecule has 0 unspecified atom stereocenters. The fourth-order valence-corrected chi connectivity index (χ4v) is 2.62. The number of hydrogen-bond acceptors (Lipinski definition) is 6. The van der Waals surface area contributed by atoms with E-state index in [1.807, 2.05) is 13.0 Å². The molecule has 1 atom stereocenters. The molecule has 1 amide bonds. The van der Waals surface area contributed by atoms with Crippen LogP contribution < -0.4 is 19.5 Å². The molecule has 1 aliphatic rings. The Morgan fingerprint density at radius 2 is 2.04 bits per heavy atom. The van der Waals surface area contributed by atoms with E-state index in [1.165, 1.54) is 18.2 Å². The number of benzene rings is 2. The lowest BCUT2D eigenvalue weighted by Crippen LogP contribution is -2.26. The lowest BCUT2D eigenvalue weighted by atomic mass is 10.1. The highest BCUT2D eigenvalue weighted by atomic mass is 16.7. The summed E-state index contributed by atoms with van der Waals surface area (Å²) < 4.78 is 15.8. The first kappa shape index (κ1) is 17.5. The third kappa shape index (κ3) is 3.53. The van der Waals surface area contributed by atoms with Crippen molar-refractivity contribution in [3.63, 3.8) is 0 Å². The number of nitrogens with zero attached hydrogens (tertiary/aromatic N) is 1. The first-order valence-electron chi connectivity index (χ1n) is 8.11. The fraction of sp³-hybridized carbons (Fsp3) is 0.278. The molecule has 0 fully saturated rings. The van der Waals surface area contributed by atoms with Crippen molar-refractivity contribution in [3.05, 3.63) is 57.6 Å². The van der Waals surface area contributed by atoms with Gasteiger partial charge >= 0.3 is 5.69 Å². The second-order valence-corrected chi connectivity index (χ2v) is 5.68. The molecule has 1 heterocycles. The fourth-order valence-electron chi connectivity index (χ4n) is 2.62. The molecule has 1 aliphatic heterocycles. The largest absolute Gasteiger partial charge is 0.487 e. The van der Waals surface area contributed by atoms with E-state index in [1.54, 1.807) is 19.1 Å². The third-order valence-electron chi connectivity index (χ3n) is 3.96. The molecular formula is C18H18N2O6. The number of amides is 1. The Morgan fingerprint density at radius 1 is 1.27 bits per heavy atom. The maximum absolute atomic E-state index is 12.5. The number of nitro groups is 1. The Kier molecular flexibility index (Phi) is 4.92. The van der Waals surface area contributed by atoms with Gasteiger partial charge in [0.15, 0.2) is 17.2 Å². The van der Waals surface area contributed by atoms with Gasteiger partial charge in [0.05, 0.1) is 17.6 Å². The van der Waals surface area contributed by atoms with E-state index in [4.69, 9.17) is 14.2 Å². The van der Waals surface area contributed by atoms with Gasteiger partial charge in [-0.3, -0.25) is 14.9 Å². The molecule has 1 N–H and O–H groups in total. The van der Waals surface area contributed by atoms with E-state index in [2.05, 4.69) is 5.32 Å². The summed E-state index contributed by atoms with van der Waals surface area (Å²) in [5.41, 5.74) is 0.783. The Bertz CT molecular complexity index is 852. The van der Waals surface area contributed by atoms with Gasteiger partial charge in [0.1, 0.15) is 0 Å². The van der Waals surface area contributed by atoms with Gasteiger partial charge in [-0.25, -0.2) is 0 Å². The molecule has 0 radical (unpaired) electrons. The summed E-state index contributed by atoms with van der Waals surface area (Å²) in [6.45, 7) is 4.03. The highest BCUT2D eigenvalue weighted by Crippen LogP contribution is 2.34. The summed E-state index contributed by atoms with van der Waals surface area (Å²) in [4.78, 5) is 23.1. The van der Waals surface area contributed by atoms with Gasteiger partial charge in [-0.2, -0.15) is 0 Å². The number of fused-ring (bicyclic) bond motifs is 1. The molecule has 0 saturated carbocycles. The second-order valence-electron chi connectivity index (χ2n) is 5.68. The summed E-state index contributed by atoms with van der Waals surface area (Å²) >= 11 is 0. The molecule has 2 aromatic rings. The summed E-state index contributed by atoms with van der Waals surface area (Å²) in [5.74, 6) is 1.01. The number of nitro benzene ring substituents is 1. The summed E-state index contributed by atoms with van der Waals surface area (Å²) in [7, 11) is 0. The van der Waals surface area contributed by atoms with Crippen molar-refractivity contribution >= 4 is 11.6 Å². The van der Waals surface area contributed by atoms with Gasteiger partial charge in [0, 0.05) is 11.6 Å². The molecule has 0 aromatic heterocycles. The molecule has 2 aromatic carbocycles. The molecular weight excluding hydrogens is 340 g/mol. The molecule has 3 rings (SSSR count). The zero-order valence-corrected chi connectivity index (χ0v) is 14.4. The number of nitrogens with one attached hydrogen (secondary N) is 1. The Morgan fingerprint density at radius 3 is 2.77 bits per heavy atom. The van der Waals surface area contributed by atoms with Crippen LogP contribution in [0.4, 0.5) is 5.69 Å². The van der Waals surface area contributed by atoms with Gasteiger partial charge in [-0.15, -0.1) is 0 Å². The van der Waals surface area contributed by atoms with E-state index < -0.39 is 10.8 Å². The van der Waals surface area contributed by atoms with E-state index in [0.29, 0.717) is 18.1 Å². The van der Waals surface area contributed by atoms with Gasteiger partial charge < -0.3 is 19.5 Å². The van der Waals surface area contributed by atoms with Gasteiger partial charge in [0.2, 0.25) is 6.79 Å². The van der Waals surface area contributed by atoms with E-state index in [0.717, 1.165) is 5.56 Å². The number of ether oxygens (including phenoxy) is 3. The molecule has 0 bridgehead atoms.